The lowest BCUT2D eigenvalue weighted by atomic mass is 10.1. The minimum Gasteiger partial charge on any atom is -0.466 e. The zero-order valence-corrected chi connectivity index (χ0v) is 11.9. The number of carbonyl (C=O) groups is 2. The van der Waals surface area contributed by atoms with Gasteiger partial charge in [0.05, 0.1) is 25.7 Å². The number of aliphatic hydroxyl groups excluding tert-OH is 1. The number of nitrogens with one attached hydrogen (secondary N) is 1. The van der Waals surface area contributed by atoms with E-state index in [1.165, 1.54) is 0 Å². The largest absolute Gasteiger partial charge is 0.466 e. The Morgan fingerprint density at radius 1 is 1.37 bits per heavy atom. The number of nitrogens with two attached hydrogens (primary N) is 1. The first kappa shape index (κ1) is 17.7. The molecular formula is C12H24N2O5. The molecule has 0 aromatic carbocycles. The maximum absolute atomic E-state index is 11.5. The van der Waals surface area contributed by atoms with Crippen LogP contribution < -0.4 is 11.1 Å². The van der Waals surface area contributed by atoms with E-state index in [9.17, 15) is 14.7 Å². The lowest BCUT2D eigenvalue weighted by Crippen LogP contribution is -2.51. The van der Waals surface area contributed by atoms with Gasteiger partial charge in [0.25, 0.3) is 0 Å². The van der Waals surface area contributed by atoms with Gasteiger partial charge in [-0.2, -0.15) is 0 Å². The molecule has 0 rings (SSSR count). The normalized spacial score (nSPS) is 14.4. The van der Waals surface area contributed by atoms with Crippen LogP contribution in [0.3, 0.4) is 0 Å². The third-order valence-electron chi connectivity index (χ3n) is 2.12. The fraction of sp³-hybridized carbons (Fsp3) is 0.833. The van der Waals surface area contributed by atoms with Crippen LogP contribution in [-0.2, 0) is 14.3 Å². The highest BCUT2D eigenvalue weighted by Gasteiger charge is 2.25. The molecule has 2 atom stereocenters. The second-order valence-electron chi connectivity index (χ2n) is 5.11. The molecule has 4 N–H and O–H groups in total. The van der Waals surface area contributed by atoms with Gasteiger partial charge in [0.15, 0.2) is 0 Å². The lowest BCUT2D eigenvalue weighted by molar-refractivity contribution is -0.143. The van der Waals surface area contributed by atoms with Gasteiger partial charge in [0, 0.05) is 6.04 Å². The Morgan fingerprint density at radius 3 is 2.37 bits per heavy atom. The third kappa shape index (κ3) is 8.39. The summed E-state index contributed by atoms with van der Waals surface area (Å²) in [5.74, 6) is -0.473. The summed E-state index contributed by atoms with van der Waals surface area (Å²) in [6, 6.07) is -1.50. The Balaban J connectivity index is 4.33. The van der Waals surface area contributed by atoms with Gasteiger partial charge in [0.1, 0.15) is 5.60 Å². The molecule has 0 aliphatic carbocycles. The molecule has 0 spiro atoms. The van der Waals surface area contributed by atoms with Crippen molar-refractivity contribution in [1.29, 1.82) is 0 Å². The molecule has 0 aromatic heterocycles. The minimum atomic E-state index is -0.765. The smallest absolute Gasteiger partial charge is 0.408 e. The van der Waals surface area contributed by atoms with Crippen molar-refractivity contribution in [2.75, 3.05) is 13.2 Å². The number of amides is 1. The van der Waals surface area contributed by atoms with Crippen LogP contribution in [-0.4, -0.2) is 48.1 Å². The maximum atomic E-state index is 11.5. The van der Waals surface area contributed by atoms with Crippen LogP contribution in [0.4, 0.5) is 4.79 Å². The van der Waals surface area contributed by atoms with Gasteiger partial charge in [-0.15, -0.1) is 0 Å². The second kappa shape index (κ2) is 7.96. The van der Waals surface area contributed by atoms with E-state index in [2.05, 4.69) is 5.32 Å². The van der Waals surface area contributed by atoms with Crippen molar-refractivity contribution in [3.63, 3.8) is 0 Å². The highest BCUT2D eigenvalue weighted by Crippen LogP contribution is 2.07. The summed E-state index contributed by atoms with van der Waals surface area (Å²) in [5.41, 5.74) is 5.10. The number of alkyl carbamates (subject to hydrolysis) is 1. The van der Waals surface area contributed by atoms with E-state index >= 15 is 0 Å². The van der Waals surface area contributed by atoms with E-state index in [-0.39, 0.29) is 19.6 Å². The van der Waals surface area contributed by atoms with Crippen molar-refractivity contribution in [2.24, 2.45) is 5.73 Å². The summed E-state index contributed by atoms with van der Waals surface area (Å²) in [5, 5.41) is 11.6. The van der Waals surface area contributed by atoms with E-state index in [1.54, 1.807) is 27.7 Å². The summed E-state index contributed by atoms with van der Waals surface area (Å²) in [6.45, 7) is 6.72. The Bertz CT molecular complexity index is 301. The molecule has 0 aliphatic heterocycles. The number of hydrogen-bond acceptors (Lipinski definition) is 6. The molecule has 0 radical (unpaired) electrons. The van der Waals surface area contributed by atoms with Gasteiger partial charge < -0.3 is 25.6 Å². The standard InChI is InChI=1S/C12H24N2O5/c1-5-18-10(16)6-8(13)9(7-15)14-11(17)19-12(2,3)4/h8-9,15H,5-7,13H2,1-4H3,(H,14,17)/t8-,9-/m1/s1. The van der Waals surface area contributed by atoms with Crippen LogP contribution in [0.15, 0.2) is 0 Å². The molecule has 0 saturated heterocycles. The van der Waals surface area contributed by atoms with Crippen LogP contribution in [0, 0.1) is 0 Å². The first-order chi connectivity index (χ1) is 8.69. The molecule has 0 aliphatic rings. The molecule has 0 aromatic rings. The van der Waals surface area contributed by atoms with Crippen LogP contribution >= 0.6 is 0 Å². The van der Waals surface area contributed by atoms with Crippen molar-refractivity contribution in [2.45, 2.75) is 51.8 Å². The monoisotopic (exact) mass is 276 g/mol. The molecule has 0 unspecified atom stereocenters. The molecule has 0 heterocycles. The first-order valence-electron chi connectivity index (χ1n) is 6.21. The molecule has 1 amide bonds. The van der Waals surface area contributed by atoms with Crippen molar-refractivity contribution >= 4 is 12.1 Å². The zero-order chi connectivity index (χ0) is 15.1. The van der Waals surface area contributed by atoms with E-state index in [0.717, 1.165) is 0 Å². The third-order valence-corrected chi connectivity index (χ3v) is 2.12. The highest BCUT2D eigenvalue weighted by atomic mass is 16.6. The number of esters is 1. The quantitative estimate of drug-likeness (QED) is 0.596. The van der Waals surface area contributed by atoms with Crippen molar-refractivity contribution < 1.29 is 24.2 Å². The lowest BCUT2D eigenvalue weighted by Gasteiger charge is -2.25. The molecule has 7 heteroatoms. The van der Waals surface area contributed by atoms with E-state index in [0.29, 0.717) is 0 Å². The van der Waals surface area contributed by atoms with Gasteiger partial charge in [-0.3, -0.25) is 4.79 Å². The fourth-order valence-corrected chi connectivity index (χ4v) is 1.30. The van der Waals surface area contributed by atoms with Crippen molar-refractivity contribution in [3.8, 4) is 0 Å². The Kier molecular flexibility index (Phi) is 7.40. The van der Waals surface area contributed by atoms with Gasteiger partial charge in [-0.25, -0.2) is 4.79 Å². The SMILES string of the molecule is CCOC(=O)C[C@@H](N)[C@@H](CO)NC(=O)OC(C)(C)C. The van der Waals surface area contributed by atoms with Crippen molar-refractivity contribution in [1.82, 2.24) is 5.32 Å². The molecule has 112 valence electrons. The predicted molar refractivity (Wildman–Crippen MR) is 69.5 cm³/mol. The summed E-state index contributed by atoms with van der Waals surface area (Å²) in [7, 11) is 0. The average molecular weight is 276 g/mol. The maximum Gasteiger partial charge on any atom is 0.408 e. The molecule has 19 heavy (non-hydrogen) atoms. The van der Waals surface area contributed by atoms with Crippen molar-refractivity contribution in [3.05, 3.63) is 0 Å². The van der Waals surface area contributed by atoms with Gasteiger partial charge in [0.2, 0.25) is 0 Å². The average Bonchev–Trinajstić information content (AvgIpc) is 2.23. The second-order valence-corrected chi connectivity index (χ2v) is 5.11. The summed E-state index contributed by atoms with van der Waals surface area (Å²) >= 11 is 0. The summed E-state index contributed by atoms with van der Waals surface area (Å²) < 4.78 is 9.79. The molecule has 0 saturated carbocycles. The number of carbonyl (C=O) groups excluding carboxylic acids is 2. The molecular weight excluding hydrogens is 252 g/mol. The van der Waals surface area contributed by atoms with Gasteiger partial charge in [-0.1, -0.05) is 0 Å². The summed E-state index contributed by atoms with van der Waals surface area (Å²) in [4.78, 5) is 22.8. The number of aliphatic hydroxyl groups is 1. The fourth-order valence-electron chi connectivity index (χ4n) is 1.30. The van der Waals surface area contributed by atoms with Gasteiger partial charge >= 0.3 is 12.1 Å². The topological polar surface area (TPSA) is 111 Å². The summed E-state index contributed by atoms with van der Waals surface area (Å²) in [6.07, 6.45) is -0.777. The van der Waals surface area contributed by atoms with Crippen LogP contribution in [0.2, 0.25) is 0 Å². The van der Waals surface area contributed by atoms with Crippen LogP contribution in [0.5, 0.6) is 0 Å². The van der Waals surface area contributed by atoms with E-state index in [1.807, 2.05) is 0 Å². The first-order valence-corrected chi connectivity index (χ1v) is 6.21. The molecule has 0 bridgehead atoms. The van der Waals surface area contributed by atoms with E-state index in [4.69, 9.17) is 15.2 Å². The Hall–Kier alpha value is -1.34. The number of hydrogen-bond donors (Lipinski definition) is 3. The Labute approximate surface area is 113 Å². The molecule has 7 nitrogen and oxygen atoms in total. The van der Waals surface area contributed by atoms with Crippen LogP contribution in [0.25, 0.3) is 0 Å². The van der Waals surface area contributed by atoms with Crippen LogP contribution in [0.1, 0.15) is 34.1 Å². The van der Waals surface area contributed by atoms with E-state index < -0.39 is 29.7 Å². The Morgan fingerprint density at radius 2 is 1.95 bits per heavy atom. The minimum absolute atomic E-state index is 0.0884. The number of ether oxygens (including phenoxy) is 2. The van der Waals surface area contributed by atoms with Gasteiger partial charge in [-0.05, 0) is 27.7 Å². The number of rotatable bonds is 6. The molecule has 0 fully saturated rings. The highest BCUT2D eigenvalue weighted by molar-refractivity contribution is 5.71. The predicted octanol–water partition coefficient (Wildman–Crippen LogP) is 0.153. The zero-order valence-electron chi connectivity index (χ0n) is 11.9.